The molecule has 1 heterocycles. The van der Waals surface area contributed by atoms with Crippen LogP contribution in [0.25, 0.3) is 0 Å². The Hall–Kier alpha value is -2.03. The van der Waals surface area contributed by atoms with Crippen molar-refractivity contribution < 1.29 is 14.3 Å². The second-order valence-corrected chi connectivity index (χ2v) is 8.75. The van der Waals surface area contributed by atoms with Gasteiger partial charge in [0.2, 0.25) is 5.91 Å². The van der Waals surface area contributed by atoms with Crippen molar-refractivity contribution in [1.82, 2.24) is 25.8 Å². The first-order chi connectivity index (χ1) is 14.1. The van der Waals surface area contributed by atoms with Crippen LogP contribution < -0.4 is 16.0 Å². The van der Waals surface area contributed by atoms with E-state index >= 15 is 0 Å². The average Bonchev–Trinajstić information content (AvgIpc) is 3.10. The van der Waals surface area contributed by atoms with Crippen molar-refractivity contribution >= 4 is 18.0 Å². The second-order valence-electron chi connectivity index (χ2n) is 8.75. The van der Waals surface area contributed by atoms with Crippen molar-refractivity contribution in [3.63, 3.8) is 0 Å². The molecule has 30 heavy (non-hydrogen) atoms. The van der Waals surface area contributed by atoms with Gasteiger partial charge in [-0.2, -0.15) is 0 Å². The van der Waals surface area contributed by atoms with Gasteiger partial charge in [-0.1, -0.05) is 0 Å². The van der Waals surface area contributed by atoms with Gasteiger partial charge < -0.3 is 25.6 Å². The van der Waals surface area contributed by atoms with Crippen molar-refractivity contribution in [2.45, 2.75) is 65.0 Å². The van der Waals surface area contributed by atoms with E-state index in [1.54, 1.807) is 4.90 Å². The molecule has 0 radical (unpaired) electrons. The Labute approximate surface area is 182 Å². The molecule has 1 rings (SSSR count). The van der Waals surface area contributed by atoms with Gasteiger partial charge in [-0.15, -0.1) is 0 Å². The van der Waals surface area contributed by atoms with E-state index in [4.69, 9.17) is 4.74 Å². The maximum atomic E-state index is 12.3. The van der Waals surface area contributed by atoms with Gasteiger partial charge in [-0.05, 0) is 59.9 Å². The van der Waals surface area contributed by atoms with E-state index in [1.165, 1.54) is 0 Å². The molecule has 174 valence electrons. The van der Waals surface area contributed by atoms with Gasteiger partial charge >= 0.3 is 6.09 Å². The first kappa shape index (κ1) is 26.0. The summed E-state index contributed by atoms with van der Waals surface area (Å²) >= 11 is 0. The zero-order chi connectivity index (χ0) is 22.6. The maximum Gasteiger partial charge on any atom is 0.407 e. The monoisotopic (exact) mass is 426 g/mol. The van der Waals surface area contributed by atoms with Gasteiger partial charge in [0.15, 0.2) is 5.96 Å². The smallest absolute Gasteiger partial charge is 0.407 e. The highest BCUT2D eigenvalue weighted by molar-refractivity contribution is 5.81. The molecule has 0 spiro atoms. The van der Waals surface area contributed by atoms with Gasteiger partial charge in [-0.25, -0.2) is 4.79 Å². The fourth-order valence-electron chi connectivity index (χ4n) is 3.28. The second kappa shape index (κ2) is 13.3. The summed E-state index contributed by atoms with van der Waals surface area (Å²) in [6.07, 6.45) is 3.31. The van der Waals surface area contributed by atoms with Crippen LogP contribution in [0, 0.1) is 0 Å². The number of carbonyl (C=O) groups excluding carboxylic acids is 2. The van der Waals surface area contributed by atoms with Crippen LogP contribution in [0.5, 0.6) is 0 Å². The molecule has 3 N–H and O–H groups in total. The number of likely N-dealkylation sites (N-methyl/N-ethyl adjacent to an activating group) is 1. The van der Waals surface area contributed by atoms with Crippen molar-refractivity contribution in [1.29, 1.82) is 0 Å². The molecule has 1 saturated heterocycles. The lowest BCUT2D eigenvalue weighted by molar-refractivity contribution is -0.133. The third kappa shape index (κ3) is 10.7. The van der Waals surface area contributed by atoms with Crippen molar-refractivity contribution in [3.05, 3.63) is 0 Å². The lowest BCUT2D eigenvalue weighted by Crippen LogP contribution is -2.44. The quantitative estimate of drug-likeness (QED) is 0.277. The average molecular weight is 427 g/mol. The summed E-state index contributed by atoms with van der Waals surface area (Å²) in [4.78, 5) is 32.4. The molecular formula is C21H42N6O3. The third-order valence-corrected chi connectivity index (χ3v) is 4.62. The number of ether oxygens (including phenoxy) is 1. The number of likely N-dealkylation sites (tertiary alicyclic amines) is 1. The minimum atomic E-state index is -0.487. The van der Waals surface area contributed by atoms with E-state index in [1.807, 2.05) is 41.8 Å². The molecule has 0 saturated carbocycles. The molecule has 9 heteroatoms. The standard InChI is InChI=1S/C21H42N6O3/c1-7-22-19(23-12-9-13-25-20(29)30-21(2,3)4)24-14-10-16-27-15-8-11-17(27)18(28)26(5)6/h17H,7-16H2,1-6H3,(H,25,29)(H2,22,23,24). The zero-order valence-corrected chi connectivity index (χ0v) is 19.7. The van der Waals surface area contributed by atoms with Crippen LogP contribution in [-0.4, -0.2) is 92.8 Å². The normalized spacial score (nSPS) is 17.5. The fourth-order valence-corrected chi connectivity index (χ4v) is 3.28. The number of rotatable bonds is 10. The van der Waals surface area contributed by atoms with Crippen LogP contribution in [0.15, 0.2) is 4.99 Å². The molecule has 1 unspecified atom stereocenters. The molecule has 0 bridgehead atoms. The summed E-state index contributed by atoms with van der Waals surface area (Å²) < 4.78 is 5.21. The minimum absolute atomic E-state index is 0.0272. The summed E-state index contributed by atoms with van der Waals surface area (Å²) in [5.41, 5.74) is -0.487. The van der Waals surface area contributed by atoms with Crippen LogP contribution in [0.1, 0.15) is 53.4 Å². The number of carbonyl (C=O) groups is 2. The van der Waals surface area contributed by atoms with Crippen molar-refractivity contribution in [2.24, 2.45) is 4.99 Å². The van der Waals surface area contributed by atoms with E-state index in [9.17, 15) is 9.59 Å². The largest absolute Gasteiger partial charge is 0.444 e. The third-order valence-electron chi connectivity index (χ3n) is 4.62. The molecule has 1 atom stereocenters. The molecular weight excluding hydrogens is 384 g/mol. The summed E-state index contributed by atoms with van der Waals surface area (Å²) in [5.74, 6) is 0.979. The molecule has 0 aromatic rings. The summed E-state index contributed by atoms with van der Waals surface area (Å²) in [5, 5.41) is 9.33. The molecule has 0 aromatic heterocycles. The van der Waals surface area contributed by atoms with Crippen LogP contribution in [-0.2, 0) is 9.53 Å². The lowest BCUT2D eigenvalue weighted by atomic mass is 10.2. The molecule has 1 aliphatic rings. The highest BCUT2D eigenvalue weighted by atomic mass is 16.6. The van der Waals surface area contributed by atoms with Gasteiger partial charge in [0.1, 0.15) is 5.60 Å². The molecule has 0 aromatic carbocycles. The van der Waals surface area contributed by atoms with Crippen LogP contribution in [0.3, 0.4) is 0 Å². The molecule has 1 fully saturated rings. The maximum absolute atomic E-state index is 12.3. The Morgan fingerprint density at radius 3 is 2.47 bits per heavy atom. The zero-order valence-electron chi connectivity index (χ0n) is 19.7. The number of nitrogens with one attached hydrogen (secondary N) is 3. The fraction of sp³-hybridized carbons (Fsp3) is 0.857. The first-order valence-corrected chi connectivity index (χ1v) is 11.1. The Morgan fingerprint density at radius 2 is 1.83 bits per heavy atom. The van der Waals surface area contributed by atoms with Crippen LogP contribution in [0.4, 0.5) is 4.79 Å². The minimum Gasteiger partial charge on any atom is -0.444 e. The van der Waals surface area contributed by atoms with Gasteiger partial charge in [0, 0.05) is 46.8 Å². The number of amides is 2. The number of nitrogens with zero attached hydrogens (tertiary/aromatic N) is 3. The van der Waals surface area contributed by atoms with Crippen LogP contribution in [0.2, 0.25) is 0 Å². The van der Waals surface area contributed by atoms with Gasteiger partial charge in [-0.3, -0.25) is 14.7 Å². The van der Waals surface area contributed by atoms with Crippen LogP contribution >= 0.6 is 0 Å². The summed E-state index contributed by atoms with van der Waals surface area (Å²) in [6, 6.07) is 0.0272. The number of aliphatic imine (C=N–C) groups is 1. The Balaban J connectivity index is 2.28. The van der Waals surface area contributed by atoms with Gasteiger partial charge in [0.05, 0.1) is 6.04 Å². The van der Waals surface area contributed by atoms with Crippen molar-refractivity contribution in [3.8, 4) is 0 Å². The highest BCUT2D eigenvalue weighted by Gasteiger charge is 2.30. The predicted octanol–water partition coefficient (Wildman–Crippen LogP) is 1.40. The number of alkyl carbamates (subject to hydrolysis) is 1. The Kier molecular flexibility index (Phi) is 11.5. The first-order valence-electron chi connectivity index (χ1n) is 11.1. The van der Waals surface area contributed by atoms with E-state index in [0.29, 0.717) is 13.1 Å². The Morgan fingerprint density at radius 1 is 1.13 bits per heavy atom. The number of hydrogen-bond acceptors (Lipinski definition) is 5. The van der Waals surface area contributed by atoms with E-state index in [0.717, 1.165) is 57.8 Å². The summed E-state index contributed by atoms with van der Waals surface area (Å²) in [7, 11) is 3.64. The van der Waals surface area contributed by atoms with E-state index in [-0.39, 0.29) is 11.9 Å². The topological polar surface area (TPSA) is 98.3 Å². The molecule has 0 aliphatic carbocycles. The van der Waals surface area contributed by atoms with E-state index < -0.39 is 11.7 Å². The van der Waals surface area contributed by atoms with Gasteiger partial charge in [0.25, 0.3) is 0 Å². The lowest BCUT2D eigenvalue weighted by Gasteiger charge is -2.26. The molecule has 2 amide bonds. The molecule has 9 nitrogen and oxygen atoms in total. The van der Waals surface area contributed by atoms with Crippen molar-refractivity contribution in [2.75, 3.05) is 53.4 Å². The predicted molar refractivity (Wildman–Crippen MR) is 121 cm³/mol. The summed E-state index contributed by atoms with van der Waals surface area (Å²) in [6.45, 7) is 12.2. The van der Waals surface area contributed by atoms with E-state index in [2.05, 4.69) is 25.8 Å². The SMILES string of the molecule is CCNC(=NCCCNC(=O)OC(C)(C)C)NCCCN1CCCC1C(=O)N(C)C. The molecule has 1 aliphatic heterocycles. The number of hydrogen-bond donors (Lipinski definition) is 3. The Bertz CT molecular complexity index is 559. The number of guanidine groups is 1. The highest BCUT2D eigenvalue weighted by Crippen LogP contribution is 2.18.